The first kappa shape index (κ1) is 15.7. The van der Waals surface area contributed by atoms with Gasteiger partial charge in [0.15, 0.2) is 0 Å². The molecular formula is C17H21NO2S. The molecule has 0 aliphatic heterocycles. The summed E-state index contributed by atoms with van der Waals surface area (Å²) in [6.07, 6.45) is 0. The lowest BCUT2D eigenvalue weighted by Crippen LogP contribution is -2.28. The molecule has 112 valence electrons. The number of hydrogen-bond donors (Lipinski definition) is 1. The quantitative estimate of drug-likeness (QED) is 0.920. The van der Waals surface area contributed by atoms with Crippen LogP contribution in [-0.4, -0.2) is 15.0 Å². The van der Waals surface area contributed by atoms with Crippen molar-refractivity contribution in [1.82, 2.24) is 4.72 Å². The Morgan fingerprint density at radius 2 is 1.71 bits per heavy atom. The molecule has 21 heavy (non-hydrogen) atoms. The third-order valence-corrected chi connectivity index (χ3v) is 5.15. The Labute approximate surface area is 127 Å². The van der Waals surface area contributed by atoms with Gasteiger partial charge in [0.05, 0.1) is 4.90 Å². The van der Waals surface area contributed by atoms with E-state index in [9.17, 15) is 8.42 Å². The van der Waals surface area contributed by atoms with Crippen LogP contribution in [0.15, 0.2) is 53.4 Å². The van der Waals surface area contributed by atoms with Crippen molar-refractivity contribution in [2.45, 2.75) is 31.6 Å². The lowest BCUT2D eigenvalue weighted by atomic mass is 10.0. The molecule has 1 unspecified atom stereocenters. The summed E-state index contributed by atoms with van der Waals surface area (Å²) in [5.41, 5.74) is 2.96. The molecule has 4 heteroatoms. The van der Waals surface area contributed by atoms with E-state index in [2.05, 4.69) is 4.72 Å². The lowest BCUT2D eigenvalue weighted by molar-refractivity contribution is 0.574. The van der Waals surface area contributed by atoms with E-state index >= 15 is 0 Å². The van der Waals surface area contributed by atoms with Crippen molar-refractivity contribution < 1.29 is 8.42 Å². The van der Waals surface area contributed by atoms with Crippen molar-refractivity contribution in [2.24, 2.45) is 0 Å². The number of benzene rings is 2. The molecule has 0 aliphatic carbocycles. The summed E-state index contributed by atoms with van der Waals surface area (Å²) in [5, 5.41) is 0. The number of aryl methyl sites for hydroxylation is 2. The summed E-state index contributed by atoms with van der Waals surface area (Å²) < 4.78 is 27.5. The Morgan fingerprint density at radius 1 is 1.05 bits per heavy atom. The number of sulfonamides is 1. The van der Waals surface area contributed by atoms with Gasteiger partial charge in [0, 0.05) is 6.54 Å². The van der Waals surface area contributed by atoms with Crippen LogP contribution >= 0.6 is 0 Å². The van der Waals surface area contributed by atoms with Crippen LogP contribution in [0.3, 0.4) is 0 Å². The van der Waals surface area contributed by atoms with Crippen LogP contribution in [-0.2, 0) is 10.0 Å². The van der Waals surface area contributed by atoms with Crippen molar-refractivity contribution in [1.29, 1.82) is 0 Å². The van der Waals surface area contributed by atoms with Gasteiger partial charge in [-0.25, -0.2) is 13.1 Å². The second-order valence-electron chi connectivity index (χ2n) is 5.43. The zero-order valence-electron chi connectivity index (χ0n) is 12.6. The topological polar surface area (TPSA) is 46.2 Å². The average Bonchev–Trinajstić information content (AvgIpc) is 2.45. The second-order valence-corrected chi connectivity index (χ2v) is 7.17. The summed E-state index contributed by atoms with van der Waals surface area (Å²) >= 11 is 0. The first-order valence-electron chi connectivity index (χ1n) is 7.02. The molecule has 2 aromatic carbocycles. The van der Waals surface area contributed by atoms with E-state index in [1.165, 1.54) is 0 Å². The van der Waals surface area contributed by atoms with Crippen molar-refractivity contribution >= 4 is 10.0 Å². The van der Waals surface area contributed by atoms with Crippen LogP contribution in [0.5, 0.6) is 0 Å². The van der Waals surface area contributed by atoms with E-state index < -0.39 is 10.0 Å². The fourth-order valence-electron chi connectivity index (χ4n) is 2.31. The van der Waals surface area contributed by atoms with Gasteiger partial charge in [-0.1, -0.05) is 55.0 Å². The zero-order valence-corrected chi connectivity index (χ0v) is 13.4. The highest BCUT2D eigenvalue weighted by molar-refractivity contribution is 7.89. The summed E-state index contributed by atoms with van der Waals surface area (Å²) in [4.78, 5) is 0.355. The predicted molar refractivity (Wildman–Crippen MR) is 86.0 cm³/mol. The van der Waals surface area contributed by atoms with Gasteiger partial charge in [0.1, 0.15) is 0 Å². The molecule has 0 bridgehead atoms. The monoisotopic (exact) mass is 303 g/mol. The van der Waals surface area contributed by atoms with Gasteiger partial charge < -0.3 is 0 Å². The van der Waals surface area contributed by atoms with Crippen molar-refractivity contribution in [3.05, 3.63) is 65.2 Å². The van der Waals surface area contributed by atoms with Crippen LogP contribution in [0.1, 0.15) is 29.5 Å². The summed E-state index contributed by atoms with van der Waals surface area (Å²) in [6, 6.07) is 15.3. The van der Waals surface area contributed by atoms with E-state index in [0.29, 0.717) is 11.4 Å². The Bertz CT molecular complexity index is 709. The largest absolute Gasteiger partial charge is 0.240 e. The van der Waals surface area contributed by atoms with E-state index in [-0.39, 0.29) is 5.92 Å². The van der Waals surface area contributed by atoms with Crippen molar-refractivity contribution in [3.8, 4) is 0 Å². The van der Waals surface area contributed by atoms with Crippen molar-refractivity contribution in [2.75, 3.05) is 6.54 Å². The SMILES string of the molecule is Cc1ccc(S(=O)(=O)NCC(C)c2ccccc2)c(C)c1. The van der Waals surface area contributed by atoms with Gasteiger partial charge >= 0.3 is 0 Å². The molecule has 0 amide bonds. The van der Waals surface area contributed by atoms with Gasteiger partial charge in [0.25, 0.3) is 0 Å². The second kappa shape index (κ2) is 6.41. The van der Waals surface area contributed by atoms with Crippen LogP contribution < -0.4 is 4.72 Å². The number of hydrogen-bond acceptors (Lipinski definition) is 2. The third-order valence-electron chi connectivity index (χ3n) is 3.57. The number of rotatable bonds is 5. The molecule has 2 aromatic rings. The minimum atomic E-state index is -3.46. The fourth-order valence-corrected chi connectivity index (χ4v) is 3.67. The average molecular weight is 303 g/mol. The van der Waals surface area contributed by atoms with E-state index in [0.717, 1.165) is 16.7 Å². The minimum absolute atomic E-state index is 0.131. The summed E-state index contributed by atoms with van der Waals surface area (Å²) in [6.45, 7) is 6.18. The predicted octanol–water partition coefficient (Wildman–Crippen LogP) is 3.39. The van der Waals surface area contributed by atoms with E-state index in [4.69, 9.17) is 0 Å². The third kappa shape index (κ3) is 3.93. The molecule has 0 saturated carbocycles. The maximum absolute atomic E-state index is 12.4. The molecule has 0 saturated heterocycles. The molecule has 1 N–H and O–H groups in total. The summed E-state index contributed by atoms with van der Waals surface area (Å²) in [5.74, 6) is 0.131. The molecule has 0 spiro atoms. The minimum Gasteiger partial charge on any atom is -0.211 e. The van der Waals surface area contributed by atoms with E-state index in [1.807, 2.05) is 63.2 Å². The first-order valence-corrected chi connectivity index (χ1v) is 8.50. The Hall–Kier alpha value is -1.65. The zero-order chi connectivity index (χ0) is 15.5. The highest BCUT2D eigenvalue weighted by Gasteiger charge is 2.17. The first-order chi connectivity index (χ1) is 9.90. The van der Waals surface area contributed by atoms with Gasteiger partial charge in [-0.15, -0.1) is 0 Å². The van der Waals surface area contributed by atoms with Gasteiger partial charge in [-0.2, -0.15) is 0 Å². The van der Waals surface area contributed by atoms with Crippen LogP contribution in [0, 0.1) is 13.8 Å². The normalized spacial score (nSPS) is 13.1. The molecule has 3 nitrogen and oxygen atoms in total. The smallest absolute Gasteiger partial charge is 0.211 e. The van der Waals surface area contributed by atoms with Crippen LogP contribution in [0.2, 0.25) is 0 Å². The molecule has 0 radical (unpaired) electrons. The van der Waals surface area contributed by atoms with Crippen LogP contribution in [0.4, 0.5) is 0 Å². The van der Waals surface area contributed by atoms with Crippen LogP contribution in [0.25, 0.3) is 0 Å². The lowest BCUT2D eigenvalue weighted by Gasteiger charge is -2.14. The highest BCUT2D eigenvalue weighted by Crippen LogP contribution is 2.18. The molecule has 0 fully saturated rings. The van der Waals surface area contributed by atoms with E-state index in [1.54, 1.807) is 6.07 Å². The standard InChI is InChI=1S/C17H21NO2S/c1-13-9-10-17(14(2)11-13)21(19,20)18-12-15(3)16-7-5-4-6-8-16/h4-11,15,18H,12H2,1-3H3. The maximum atomic E-state index is 12.4. The fraction of sp³-hybridized carbons (Fsp3) is 0.294. The van der Waals surface area contributed by atoms with Gasteiger partial charge in [-0.05, 0) is 37.0 Å². The Morgan fingerprint density at radius 3 is 2.33 bits per heavy atom. The molecule has 2 rings (SSSR count). The van der Waals surface area contributed by atoms with Gasteiger partial charge in [0.2, 0.25) is 10.0 Å². The molecular weight excluding hydrogens is 282 g/mol. The number of nitrogens with one attached hydrogen (secondary N) is 1. The highest BCUT2D eigenvalue weighted by atomic mass is 32.2. The Balaban J connectivity index is 2.11. The molecule has 0 aromatic heterocycles. The molecule has 0 aliphatic rings. The summed E-state index contributed by atoms with van der Waals surface area (Å²) in [7, 11) is -3.46. The maximum Gasteiger partial charge on any atom is 0.240 e. The van der Waals surface area contributed by atoms with Gasteiger partial charge in [-0.3, -0.25) is 0 Å². The van der Waals surface area contributed by atoms with Crippen molar-refractivity contribution in [3.63, 3.8) is 0 Å². The molecule has 0 heterocycles. The molecule has 1 atom stereocenters. The Kier molecular flexibility index (Phi) is 4.80.